The van der Waals surface area contributed by atoms with Gasteiger partial charge in [-0.3, -0.25) is 19.1 Å². The van der Waals surface area contributed by atoms with Crippen molar-refractivity contribution in [1.29, 1.82) is 0 Å². The lowest BCUT2D eigenvalue weighted by atomic mass is 10.0. The zero-order chi connectivity index (χ0) is 23.8. The monoisotopic (exact) mass is 460 g/mol. The number of Topliss-reactive ketones (excluding diaryl/α,β-unsaturated/α-hetero) is 1. The normalized spacial score (nSPS) is 17.6. The quantitative estimate of drug-likeness (QED) is 0.541. The zero-order valence-electron chi connectivity index (χ0n) is 20.3. The molecule has 8 nitrogen and oxygen atoms in total. The average molecular weight is 461 g/mol. The molecule has 0 aromatic carbocycles. The molecule has 3 aromatic heterocycles. The summed E-state index contributed by atoms with van der Waals surface area (Å²) in [6.45, 7) is 7.40. The summed E-state index contributed by atoms with van der Waals surface area (Å²) in [4.78, 5) is 44.5. The van der Waals surface area contributed by atoms with Crippen LogP contribution in [0.25, 0.3) is 11.0 Å². The summed E-state index contributed by atoms with van der Waals surface area (Å²) in [6.07, 6.45) is 8.23. The van der Waals surface area contributed by atoms with E-state index in [-0.39, 0.29) is 22.9 Å². The van der Waals surface area contributed by atoms with Crippen LogP contribution in [0.4, 0.5) is 5.69 Å². The highest BCUT2D eigenvalue weighted by atomic mass is 16.1. The number of ketones is 1. The maximum absolute atomic E-state index is 13.4. The van der Waals surface area contributed by atoms with Gasteiger partial charge in [0, 0.05) is 49.5 Å². The maximum Gasteiger partial charge on any atom is 0.263 e. The van der Waals surface area contributed by atoms with E-state index in [0.717, 1.165) is 68.6 Å². The molecule has 0 spiro atoms. The Morgan fingerprint density at radius 1 is 1.06 bits per heavy atom. The van der Waals surface area contributed by atoms with Crippen LogP contribution in [-0.4, -0.2) is 63.4 Å². The Labute approximate surface area is 199 Å². The van der Waals surface area contributed by atoms with E-state index in [1.165, 1.54) is 6.92 Å². The molecule has 1 aliphatic heterocycles. The van der Waals surface area contributed by atoms with Gasteiger partial charge in [0.2, 0.25) is 0 Å². The van der Waals surface area contributed by atoms with Crippen molar-refractivity contribution in [3.8, 4) is 0 Å². The highest BCUT2D eigenvalue weighted by Gasteiger charge is 2.26. The van der Waals surface area contributed by atoms with Gasteiger partial charge in [-0.15, -0.1) is 0 Å². The van der Waals surface area contributed by atoms with E-state index in [0.29, 0.717) is 23.5 Å². The lowest BCUT2D eigenvalue weighted by Gasteiger charge is -2.33. The van der Waals surface area contributed by atoms with Gasteiger partial charge in [-0.1, -0.05) is 12.8 Å². The zero-order valence-corrected chi connectivity index (χ0v) is 20.3. The lowest BCUT2D eigenvalue weighted by Crippen LogP contribution is -2.44. The van der Waals surface area contributed by atoms with E-state index in [1.807, 2.05) is 19.2 Å². The van der Waals surface area contributed by atoms with Crippen LogP contribution in [0, 0.1) is 6.92 Å². The number of aryl methyl sites for hydroxylation is 1. The third kappa shape index (κ3) is 4.22. The fraction of sp³-hybridized carbons (Fsp3) is 0.500. The number of hydrogen-bond acceptors (Lipinski definition) is 7. The Morgan fingerprint density at radius 3 is 2.44 bits per heavy atom. The fourth-order valence-electron chi connectivity index (χ4n) is 5.30. The molecule has 0 unspecified atom stereocenters. The minimum atomic E-state index is -0.219. The van der Waals surface area contributed by atoms with E-state index in [4.69, 9.17) is 4.98 Å². The molecular formula is C26H32N6O2. The van der Waals surface area contributed by atoms with Crippen LogP contribution in [0.5, 0.6) is 0 Å². The fourth-order valence-corrected chi connectivity index (χ4v) is 5.30. The van der Waals surface area contributed by atoms with Gasteiger partial charge in [0.25, 0.3) is 5.56 Å². The third-order valence-corrected chi connectivity index (χ3v) is 7.32. The minimum absolute atomic E-state index is 0.0810. The first-order valence-electron chi connectivity index (χ1n) is 12.2. The largest absolute Gasteiger partial charge is 0.368 e. The first-order valence-corrected chi connectivity index (χ1v) is 12.2. The van der Waals surface area contributed by atoms with Gasteiger partial charge in [0.05, 0.1) is 23.9 Å². The second-order valence-electron chi connectivity index (χ2n) is 9.67. The first kappa shape index (κ1) is 22.7. The Bertz CT molecular complexity index is 1270. The number of nitrogens with zero attached hydrogens (tertiary/aromatic N) is 6. The van der Waals surface area contributed by atoms with E-state index < -0.39 is 0 Å². The van der Waals surface area contributed by atoms with Crippen LogP contribution in [0.15, 0.2) is 29.3 Å². The summed E-state index contributed by atoms with van der Waals surface area (Å²) in [5, 5.41) is 0.777. The van der Waals surface area contributed by atoms with Gasteiger partial charge >= 0.3 is 0 Å². The van der Waals surface area contributed by atoms with Crippen molar-refractivity contribution in [2.24, 2.45) is 0 Å². The molecule has 1 aliphatic carbocycles. The van der Waals surface area contributed by atoms with Crippen molar-refractivity contribution in [2.45, 2.75) is 52.0 Å². The number of carbonyl (C=O) groups excluding carboxylic acids is 1. The summed E-state index contributed by atoms with van der Waals surface area (Å²) in [6, 6.07) is 4.24. The number of carbonyl (C=O) groups is 1. The smallest absolute Gasteiger partial charge is 0.263 e. The predicted molar refractivity (Wildman–Crippen MR) is 133 cm³/mol. The molecule has 4 heterocycles. The van der Waals surface area contributed by atoms with Crippen molar-refractivity contribution in [3.05, 3.63) is 57.5 Å². The van der Waals surface area contributed by atoms with Crippen LogP contribution >= 0.6 is 0 Å². The molecule has 2 aliphatic rings. The molecule has 0 amide bonds. The number of anilines is 1. The lowest BCUT2D eigenvalue weighted by molar-refractivity contribution is 0.101. The Morgan fingerprint density at radius 2 is 1.79 bits per heavy atom. The van der Waals surface area contributed by atoms with Crippen molar-refractivity contribution in [3.63, 3.8) is 0 Å². The molecule has 0 bridgehead atoms. The van der Waals surface area contributed by atoms with Gasteiger partial charge in [0.15, 0.2) is 5.78 Å². The molecule has 1 saturated carbocycles. The van der Waals surface area contributed by atoms with Gasteiger partial charge in [-0.25, -0.2) is 9.97 Å². The maximum atomic E-state index is 13.4. The Kier molecular flexibility index (Phi) is 6.16. The first-order chi connectivity index (χ1) is 16.4. The second-order valence-corrected chi connectivity index (χ2v) is 9.67. The summed E-state index contributed by atoms with van der Waals surface area (Å²) < 4.78 is 1.77. The molecule has 0 radical (unpaired) electrons. The topological polar surface area (TPSA) is 84.2 Å². The van der Waals surface area contributed by atoms with Crippen LogP contribution in [0.1, 0.15) is 66.1 Å². The van der Waals surface area contributed by atoms with Crippen molar-refractivity contribution in [2.75, 3.05) is 38.1 Å². The predicted octanol–water partition coefficient (Wildman–Crippen LogP) is 3.16. The SMILES string of the molecule is CC(=O)c1c(C)c2cnc(Cc3ccc(N4CCN(C)CC4)cn3)nc2n(C2CCCC2)c1=O. The Hall–Kier alpha value is -3.13. The summed E-state index contributed by atoms with van der Waals surface area (Å²) >= 11 is 0. The van der Waals surface area contributed by atoms with Gasteiger partial charge in [-0.2, -0.15) is 0 Å². The molecule has 0 N–H and O–H groups in total. The number of pyridine rings is 2. The number of piperazine rings is 1. The molecule has 178 valence electrons. The molecular weight excluding hydrogens is 428 g/mol. The number of hydrogen-bond donors (Lipinski definition) is 0. The van der Waals surface area contributed by atoms with Crippen LogP contribution < -0.4 is 10.5 Å². The molecule has 8 heteroatoms. The summed E-state index contributed by atoms with van der Waals surface area (Å²) in [5.41, 5.74) is 3.38. The summed E-state index contributed by atoms with van der Waals surface area (Å²) in [5.74, 6) is 0.429. The van der Waals surface area contributed by atoms with E-state index in [1.54, 1.807) is 10.8 Å². The molecule has 34 heavy (non-hydrogen) atoms. The molecule has 3 aromatic rings. The second kappa shape index (κ2) is 9.25. The van der Waals surface area contributed by atoms with Crippen molar-refractivity contribution < 1.29 is 4.79 Å². The van der Waals surface area contributed by atoms with Crippen LogP contribution in [0.3, 0.4) is 0 Å². The average Bonchev–Trinajstić information content (AvgIpc) is 3.34. The number of fused-ring (bicyclic) bond motifs is 1. The highest BCUT2D eigenvalue weighted by molar-refractivity contribution is 5.99. The minimum Gasteiger partial charge on any atom is -0.368 e. The molecule has 1 saturated heterocycles. The number of likely N-dealkylation sites (N-methyl/N-ethyl adjacent to an activating group) is 1. The standard InChI is InChI=1S/C26H32N6O2/c1-17-22-16-28-23(14-19-8-9-21(15-27-19)31-12-10-30(3)11-13-31)29-25(22)32(20-6-4-5-7-20)26(34)24(17)18(2)33/h8-9,15-16,20H,4-7,10-14H2,1-3H3. The number of rotatable bonds is 5. The molecule has 5 rings (SSSR count). The molecule has 0 atom stereocenters. The van der Waals surface area contributed by atoms with E-state index in [2.05, 4.69) is 32.9 Å². The van der Waals surface area contributed by atoms with Crippen LogP contribution in [0.2, 0.25) is 0 Å². The summed E-state index contributed by atoms with van der Waals surface area (Å²) in [7, 11) is 2.15. The number of aromatic nitrogens is 4. The van der Waals surface area contributed by atoms with Crippen molar-refractivity contribution in [1.82, 2.24) is 24.4 Å². The van der Waals surface area contributed by atoms with E-state index in [9.17, 15) is 9.59 Å². The molecule has 2 fully saturated rings. The van der Waals surface area contributed by atoms with Gasteiger partial charge < -0.3 is 9.80 Å². The van der Waals surface area contributed by atoms with E-state index >= 15 is 0 Å². The van der Waals surface area contributed by atoms with Crippen molar-refractivity contribution >= 4 is 22.5 Å². The van der Waals surface area contributed by atoms with Gasteiger partial charge in [0.1, 0.15) is 11.5 Å². The third-order valence-electron chi connectivity index (χ3n) is 7.32. The Balaban J connectivity index is 1.48. The van der Waals surface area contributed by atoms with Gasteiger partial charge in [-0.05, 0) is 51.4 Å². The highest BCUT2D eigenvalue weighted by Crippen LogP contribution is 2.31. The van der Waals surface area contributed by atoms with Crippen LogP contribution in [-0.2, 0) is 6.42 Å².